The van der Waals surface area contributed by atoms with Crippen LogP contribution in [-0.2, 0) is 19.1 Å². The molecule has 0 saturated heterocycles. The highest BCUT2D eigenvalue weighted by Gasteiger charge is 2.39. The van der Waals surface area contributed by atoms with Gasteiger partial charge in [-0.2, -0.15) is 0 Å². The SMILES string of the molecule is CO[C@H](C)[C@H](NC(=O)CC1(NC(=O)OCC2c3ccccc3-c3ccccc32)CCCC1)C(=O)O. The van der Waals surface area contributed by atoms with Crippen LogP contribution >= 0.6 is 0 Å². The van der Waals surface area contributed by atoms with Crippen LogP contribution in [0.15, 0.2) is 48.5 Å². The molecular weight excluding hydrogens is 448 g/mol. The molecule has 2 amide bonds. The molecule has 8 nitrogen and oxygen atoms in total. The van der Waals surface area contributed by atoms with Crippen LogP contribution in [0.1, 0.15) is 56.1 Å². The summed E-state index contributed by atoms with van der Waals surface area (Å²) in [5.74, 6) is -1.66. The first-order valence-corrected chi connectivity index (χ1v) is 12.0. The lowest BCUT2D eigenvalue weighted by molar-refractivity contribution is -0.145. The number of methoxy groups -OCH3 is 1. The van der Waals surface area contributed by atoms with Gasteiger partial charge in [0.1, 0.15) is 6.61 Å². The van der Waals surface area contributed by atoms with Gasteiger partial charge in [0.15, 0.2) is 6.04 Å². The van der Waals surface area contributed by atoms with E-state index in [2.05, 4.69) is 34.9 Å². The molecule has 0 unspecified atom stereocenters. The Balaban J connectivity index is 1.40. The van der Waals surface area contributed by atoms with Gasteiger partial charge in [-0.15, -0.1) is 0 Å². The monoisotopic (exact) mass is 480 g/mol. The number of carboxylic acid groups (broad SMARTS) is 1. The number of benzene rings is 2. The van der Waals surface area contributed by atoms with Crippen LogP contribution in [0.25, 0.3) is 11.1 Å². The zero-order valence-corrected chi connectivity index (χ0v) is 20.1. The first-order valence-electron chi connectivity index (χ1n) is 12.0. The molecule has 3 N–H and O–H groups in total. The van der Waals surface area contributed by atoms with Gasteiger partial charge in [0.05, 0.1) is 11.6 Å². The Labute approximate surface area is 205 Å². The number of rotatable bonds is 9. The third-order valence-corrected chi connectivity index (χ3v) is 7.19. The Hall–Kier alpha value is -3.39. The number of carbonyl (C=O) groups excluding carboxylic acids is 2. The highest BCUT2D eigenvalue weighted by molar-refractivity contribution is 5.85. The lowest BCUT2D eigenvalue weighted by Gasteiger charge is -2.30. The molecule has 1 fully saturated rings. The molecule has 0 heterocycles. The van der Waals surface area contributed by atoms with E-state index in [9.17, 15) is 19.5 Å². The predicted molar refractivity (Wildman–Crippen MR) is 130 cm³/mol. The van der Waals surface area contributed by atoms with E-state index in [-0.39, 0.29) is 18.9 Å². The Morgan fingerprint density at radius 1 is 1.03 bits per heavy atom. The maximum atomic E-state index is 12.9. The van der Waals surface area contributed by atoms with Crippen LogP contribution in [0.2, 0.25) is 0 Å². The number of ether oxygens (including phenoxy) is 2. The van der Waals surface area contributed by atoms with Crippen LogP contribution in [0, 0.1) is 0 Å². The van der Waals surface area contributed by atoms with Crippen LogP contribution in [0.5, 0.6) is 0 Å². The van der Waals surface area contributed by atoms with E-state index < -0.39 is 35.7 Å². The molecule has 2 aliphatic carbocycles. The van der Waals surface area contributed by atoms with Gasteiger partial charge in [-0.05, 0) is 42.0 Å². The molecular formula is C27H32N2O6. The molecule has 0 aromatic heterocycles. The van der Waals surface area contributed by atoms with Crippen molar-refractivity contribution in [2.45, 2.75) is 62.6 Å². The van der Waals surface area contributed by atoms with Crippen LogP contribution < -0.4 is 10.6 Å². The maximum Gasteiger partial charge on any atom is 0.407 e. The van der Waals surface area contributed by atoms with Gasteiger partial charge < -0.3 is 25.2 Å². The van der Waals surface area contributed by atoms with Crippen molar-refractivity contribution in [2.24, 2.45) is 0 Å². The first kappa shape index (κ1) is 24.7. The highest BCUT2D eigenvalue weighted by Crippen LogP contribution is 2.44. The second-order valence-corrected chi connectivity index (χ2v) is 9.44. The number of hydrogen-bond donors (Lipinski definition) is 3. The van der Waals surface area contributed by atoms with Crippen LogP contribution in [-0.4, -0.2) is 54.5 Å². The van der Waals surface area contributed by atoms with Gasteiger partial charge in [0.25, 0.3) is 0 Å². The fourth-order valence-corrected chi connectivity index (χ4v) is 5.30. The zero-order valence-electron chi connectivity index (χ0n) is 20.1. The molecule has 0 bridgehead atoms. The highest BCUT2D eigenvalue weighted by atomic mass is 16.5. The summed E-state index contributed by atoms with van der Waals surface area (Å²) in [6.07, 6.45) is 1.72. The lowest BCUT2D eigenvalue weighted by atomic mass is 9.92. The number of hydrogen-bond acceptors (Lipinski definition) is 5. The van der Waals surface area contributed by atoms with Crippen molar-refractivity contribution in [1.82, 2.24) is 10.6 Å². The first-order chi connectivity index (χ1) is 16.8. The molecule has 2 aromatic carbocycles. The number of amides is 2. The van der Waals surface area contributed by atoms with Gasteiger partial charge >= 0.3 is 12.1 Å². The minimum absolute atomic E-state index is 0.0165. The van der Waals surface area contributed by atoms with Crippen LogP contribution in [0.4, 0.5) is 4.79 Å². The quantitative estimate of drug-likeness (QED) is 0.503. The van der Waals surface area contributed by atoms with Crippen molar-refractivity contribution in [3.05, 3.63) is 59.7 Å². The van der Waals surface area contributed by atoms with Crippen molar-refractivity contribution in [3.8, 4) is 11.1 Å². The summed E-state index contributed by atoms with van der Waals surface area (Å²) in [6, 6.07) is 15.1. The predicted octanol–water partition coefficient (Wildman–Crippen LogP) is 3.83. The minimum Gasteiger partial charge on any atom is -0.480 e. The van der Waals surface area contributed by atoms with E-state index >= 15 is 0 Å². The van der Waals surface area contributed by atoms with Gasteiger partial charge in [-0.1, -0.05) is 61.4 Å². The van der Waals surface area contributed by atoms with Crippen molar-refractivity contribution < 1.29 is 29.0 Å². The molecule has 2 aromatic rings. The Morgan fingerprint density at radius 2 is 1.60 bits per heavy atom. The van der Waals surface area contributed by atoms with E-state index in [1.807, 2.05) is 24.3 Å². The second kappa shape index (κ2) is 10.5. The Kier molecular flexibility index (Phi) is 7.40. The van der Waals surface area contributed by atoms with Gasteiger partial charge in [0, 0.05) is 19.4 Å². The normalized spacial score (nSPS) is 17.7. The van der Waals surface area contributed by atoms with E-state index in [0.717, 1.165) is 35.1 Å². The second-order valence-electron chi connectivity index (χ2n) is 9.44. The van der Waals surface area contributed by atoms with Crippen molar-refractivity contribution in [2.75, 3.05) is 13.7 Å². The largest absolute Gasteiger partial charge is 0.480 e. The summed E-state index contributed by atoms with van der Waals surface area (Å²) in [6.45, 7) is 1.77. The summed E-state index contributed by atoms with van der Waals surface area (Å²) < 4.78 is 10.8. The molecule has 186 valence electrons. The van der Waals surface area contributed by atoms with E-state index in [0.29, 0.717) is 12.8 Å². The molecule has 0 aliphatic heterocycles. The molecule has 0 spiro atoms. The smallest absolute Gasteiger partial charge is 0.407 e. The summed E-state index contributed by atoms with van der Waals surface area (Å²) in [4.78, 5) is 37.1. The Bertz CT molecular complexity index is 1050. The summed E-state index contributed by atoms with van der Waals surface area (Å²) >= 11 is 0. The van der Waals surface area contributed by atoms with Crippen molar-refractivity contribution in [3.63, 3.8) is 0 Å². The number of carboxylic acids is 1. The number of aliphatic carboxylic acids is 1. The standard InChI is InChI=1S/C27H32N2O6/c1-17(34-2)24(25(31)32)28-23(30)15-27(13-7-8-14-27)29-26(33)35-16-22-20-11-5-3-9-18(20)19-10-4-6-12-21(19)22/h3-6,9-12,17,22,24H,7-8,13-16H2,1-2H3,(H,28,30)(H,29,33)(H,31,32)/t17-,24+/m1/s1. The molecule has 2 atom stereocenters. The zero-order chi connectivity index (χ0) is 25.0. The molecule has 35 heavy (non-hydrogen) atoms. The summed E-state index contributed by atoms with van der Waals surface area (Å²) in [5, 5.41) is 14.9. The van der Waals surface area contributed by atoms with Crippen LogP contribution in [0.3, 0.4) is 0 Å². The van der Waals surface area contributed by atoms with Gasteiger partial charge in [0.2, 0.25) is 5.91 Å². The number of carbonyl (C=O) groups is 3. The number of nitrogens with one attached hydrogen (secondary N) is 2. The molecule has 1 saturated carbocycles. The Morgan fingerprint density at radius 3 is 2.14 bits per heavy atom. The van der Waals surface area contributed by atoms with Crippen molar-refractivity contribution >= 4 is 18.0 Å². The van der Waals surface area contributed by atoms with Gasteiger partial charge in [-0.25, -0.2) is 9.59 Å². The minimum atomic E-state index is -1.17. The summed E-state index contributed by atoms with van der Waals surface area (Å²) in [5.41, 5.74) is 3.80. The van der Waals surface area contributed by atoms with Gasteiger partial charge in [-0.3, -0.25) is 4.79 Å². The lowest BCUT2D eigenvalue weighted by Crippen LogP contribution is -2.53. The fourth-order valence-electron chi connectivity index (χ4n) is 5.30. The molecule has 8 heteroatoms. The third-order valence-electron chi connectivity index (χ3n) is 7.19. The van der Waals surface area contributed by atoms with Crippen molar-refractivity contribution in [1.29, 1.82) is 0 Å². The molecule has 0 radical (unpaired) electrons. The van der Waals surface area contributed by atoms with E-state index in [4.69, 9.17) is 9.47 Å². The maximum absolute atomic E-state index is 12.9. The summed E-state index contributed by atoms with van der Waals surface area (Å²) in [7, 11) is 1.39. The number of fused-ring (bicyclic) bond motifs is 3. The average molecular weight is 481 g/mol. The third kappa shape index (κ3) is 5.32. The number of alkyl carbamates (subject to hydrolysis) is 1. The molecule has 4 rings (SSSR count). The van der Waals surface area contributed by atoms with E-state index in [1.54, 1.807) is 6.92 Å². The molecule has 2 aliphatic rings. The fraction of sp³-hybridized carbons (Fsp3) is 0.444. The topological polar surface area (TPSA) is 114 Å². The van der Waals surface area contributed by atoms with E-state index in [1.165, 1.54) is 7.11 Å². The average Bonchev–Trinajstić information content (AvgIpc) is 3.43.